The fourth-order valence-corrected chi connectivity index (χ4v) is 6.61. The van der Waals surface area contributed by atoms with E-state index >= 15 is 0 Å². The Morgan fingerprint density at radius 2 is 1.97 bits per heavy atom. The maximum absolute atomic E-state index is 12.6. The van der Waals surface area contributed by atoms with Crippen molar-refractivity contribution < 1.29 is 24.2 Å². The molecular formula is C28H38N4O5. The van der Waals surface area contributed by atoms with Gasteiger partial charge in [-0.1, -0.05) is 13.3 Å². The fourth-order valence-electron chi connectivity index (χ4n) is 6.61. The van der Waals surface area contributed by atoms with Gasteiger partial charge in [-0.25, -0.2) is 9.78 Å². The summed E-state index contributed by atoms with van der Waals surface area (Å²) in [4.78, 5) is 46.0. The van der Waals surface area contributed by atoms with Crippen LogP contribution in [0.2, 0.25) is 0 Å². The zero-order valence-corrected chi connectivity index (χ0v) is 22.1. The molecule has 2 amide bonds. The molecule has 3 aliphatic rings. The van der Waals surface area contributed by atoms with Gasteiger partial charge in [0.25, 0.3) is 0 Å². The predicted octanol–water partition coefficient (Wildman–Crippen LogP) is 4.88. The van der Waals surface area contributed by atoms with Gasteiger partial charge in [-0.05, 0) is 64.0 Å². The number of imidazole rings is 1. The molecule has 200 valence electrons. The molecule has 37 heavy (non-hydrogen) atoms. The van der Waals surface area contributed by atoms with Crippen LogP contribution in [0, 0.1) is 5.92 Å². The van der Waals surface area contributed by atoms with Gasteiger partial charge in [-0.2, -0.15) is 0 Å². The number of amides is 2. The normalized spacial score (nSPS) is 25.2. The predicted molar refractivity (Wildman–Crippen MR) is 140 cm³/mol. The SMILES string of the molecule is COC(=O)N1c2ccc3c(nc([C@H](C)CN4CCCCC4=O)n3[C@@H]3CCC[C@@H](C(=O)O)C3)c2CC[C@@H]1C. The number of aryl methyl sites for hydroxylation is 1. The molecule has 0 unspecified atom stereocenters. The molecule has 0 spiro atoms. The smallest absolute Gasteiger partial charge is 0.414 e. The van der Waals surface area contributed by atoms with Crippen LogP contribution in [0.25, 0.3) is 11.0 Å². The van der Waals surface area contributed by atoms with E-state index in [0.717, 1.165) is 73.2 Å². The Balaban J connectivity index is 1.61. The number of carbonyl (C=O) groups is 3. The van der Waals surface area contributed by atoms with Crippen LogP contribution in [-0.2, 0) is 20.7 Å². The average Bonchev–Trinajstić information content (AvgIpc) is 3.29. The fraction of sp³-hybridized carbons (Fsp3) is 0.643. The van der Waals surface area contributed by atoms with E-state index in [4.69, 9.17) is 9.72 Å². The number of carboxylic acids is 1. The second kappa shape index (κ2) is 10.3. The van der Waals surface area contributed by atoms with Gasteiger partial charge in [0.1, 0.15) is 5.82 Å². The van der Waals surface area contributed by atoms with Crippen LogP contribution < -0.4 is 4.90 Å². The number of rotatable bonds is 5. The standard InChI is InChI=1S/C28H38N4O5/c1-17(16-30-14-5-4-9-24(30)33)26-29-25-21-11-10-18(2)31(28(36)37-3)22(21)12-13-23(25)32(26)20-8-6-7-19(15-20)27(34)35/h12-13,17-20H,4-11,14-16H2,1-3H3,(H,34,35)/t17-,18+,19-,20-/m1/s1. The number of anilines is 1. The highest BCUT2D eigenvalue weighted by Gasteiger charge is 2.35. The van der Waals surface area contributed by atoms with E-state index in [1.54, 1.807) is 4.90 Å². The van der Waals surface area contributed by atoms with Gasteiger partial charge in [-0.3, -0.25) is 14.5 Å². The van der Waals surface area contributed by atoms with Crippen LogP contribution in [0.1, 0.15) is 88.6 Å². The first-order chi connectivity index (χ1) is 17.8. The molecule has 0 radical (unpaired) electrons. The molecule has 2 fully saturated rings. The van der Waals surface area contributed by atoms with Crippen LogP contribution >= 0.6 is 0 Å². The number of piperidine rings is 1. The van der Waals surface area contributed by atoms with Crippen molar-refractivity contribution in [1.29, 1.82) is 0 Å². The molecule has 2 aliphatic heterocycles. The van der Waals surface area contributed by atoms with E-state index in [-0.39, 0.29) is 35.9 Å². The van der Waals surface area contributed by atoms with Crippen LogP contribution in [0.4, 0.5) is 10.5 Å². The van der Waals surface area contributed by atoms with Gasteiger partial charge < -0.3 is 19.3 Å². The molecule has 1 saturated heterocycles. The molecule has 3 heterocycles. The lowest BCUT2D eigenvalue weighted by Crippen LogP contribution is -2.42. The second-order valence-electron chi connectivity index (χ2n) is 11.1. The highest BCUT2D eigenvalue weighted by atomic mass is 16.5. The summed E-state index contributed by atoms with van der Waals surface area (Å²) in [6.45, 7) is 5.52. The first kappa shape index (κ1) is 25.5. The summed E-state index contributed by atoms with van der Waals surface area (Å²) in [5, 5.41) is 9.76. The lowest BCUT2D eigenvalue weighted by Gasteiger charge is -2.34. The summed E-state index contributed by atoms with van der Waals surface area (Å²) >= 11 is 0. The van der Waals surface area contributed by atoms with E-state index in [9.17, 15) is 19.5 Å². The Hall–Kier alpha value is -3.10. The van der Waals surface area contributed by atoms with E-state index in [0.29, 0.717) is 25.8 Å². The van der Waals surface area contributed by atoms with Gasteiger partial charge in [-0.15, -0.1) is 0 Å². The molecule has 1 aromatic carbocycles. The second-order valence-corrected chi connectivity index (χ2v) is 11.1. The minimum atomic E-state index is -0.734. The third-order valence-electron chi connectivity index (χ3n) is 8.57. The number of likely N-dealkylation sites (tertiary alicyclic amines) is 1. The van der Waals surface area contributed by atoms with Gasteiger partial charge in [0, 0.05) is 43.1 Å². The molecule has 1 saturated carbocycles. The van der Waals surface area contributed by atoms with Crippen molar-refractivity contribution >= 4 is 34.7 Å². The minimum Gasteiger partial charge on any atom is -0.481 e. The molecule has 9 nitrogen and oxygen atoms in total. The number of hydrogen-bond acceptors (Lipinski definition) is 5. The van der Waals surface area contributed by atoms with Crippen LogP contribution in [-0.4, -0.2) is 63.8 Å². The van der Waals surface area contributed by atoms with E-state index in [2.05, 4.69) is 11.5 Å². The Bertz CT molecular complexity index is 1210. The minimum absolute atomic E-state index is 0.00507. The van der Waals surface area contributed by atoms with Crippen molar-refractivity contribution in [3.05, 3.63) is 23.5 Å². The first-order valence-corrected chi connectivity index (χ1v) is 13.7. The summed E-state index contributed by atoms with van der Waals surface area (Å²) in [5.74, 6) is -0.000854. The van der Waals surface area contributed by atoms with Crippen LogP contribution in [0.15, 0.2) is 12.1 Å². The van der Waals surface area contributed by atoms with Gasteiger partial charge in [0.15, 0.2) is 0 Å². The first-order valence-electron chi connectivity index (χ1n) is 13.7. The molecule has 1 N–H and O–H groups in total. The van der Waals surface area contributed by atoms with Crippen molar-refractivity contribution in [3.63, 3.8) is 0 Å². The van der Waals surface area contributed by atoms with Crippen molar-refractivity contribution in [3.8, 4) is 0 Å². The third-order valence-corrected chi connectivity index (χ3v) is 8.57. The quantitative estimate of drug-likeness (QED) is 0.615. The van der Waals surface area contributed by atoms with Crippen LogP contribution in [0.3, 0.4) is 0 Å². The number of carbonyl (C=O) groups excluding carboxylic acids is 2. The Morgan fingerprint density at radius 1 is 1.16 bits per heavy atom. The number of carboxylic acid groups (broad SMARTS) is 1. The zero-order chi connectivity index (χ0) is 26.3. The highest BCUT2D eigenvalue weighted by Crippen LogP contribution is 2.41. The number of aliphatic carboxylic acids is 1. The van der Waals surface area contributed by atoms with Gasteiger partial charge in [0.2, 0.25) is 5.91 Å². The Labute approximate surface area is 217 Å². The number of aromatic nitrogens is 2. The number of benzene rings is 1. The average molecular weight is 511 g/mol. The third kappa shape index (κ3) is 4.68. The molecule has 9 heteroatoms. The molecule has 2 aromatic rings. The van der Waals surface area contributed by atoms with E-state index in [1.807, 2.05) is 24.0 Å². The van der Waals surface area contributed by atoms with E-state index < -0.39 is 5.97 Å². The topological polar surface area (TPSA) is 105 Å². The maximum Gasteiger partial charge on any atom is 0.414 e. The number of ether oxygens (including phenoxy) is 1. The monoisotopic (exact) mass is 510 g/mol. The molecular weight excluding hydrogens is 472 g/mol. The highest BCUT2D eigenvalue weighted by molar-refractivity contribution is 5.95. The summed E-state index contributed by atoms with van der Waals surface area (Å²) in [5.41, 5.74) is 3.73. The summed E-state index contributed by atoms with van der Waals surface area (Å²) in [6, 6.07) is 4.08. The molecule has 0 bridgehead atoms. The number of hydrogen-bond donors (Lipinski definition) is 1. The van der Waals surface area contributed by atoms with Crippen molar-refractivity contribution in [2.75, 3.05) is 25.1 Å². The van der Waals surface area contributed by atoms with E-state index in [1.165, 1.54) is 7.11 Å². The van der Waals surface area contributed by atoms with Crippen LogP contribution in [0.5, 0.6) is 0 Å². The maximum atomic E-state index is 12.6. The Kier molecular flexibility index (Phi) is 7.14. The number of nitrogens with zero attached hydrogens (tertiary/aromatic N) is 4. The summed E-state index contributed by atoms with van der Waals surface area (Å²) < 4.78 is 7.36. The zero-order valence-electron chi connectivity index (χ0n) is 22.1. The Morgan fingerprint density at radius 3 is 2.70 bits per heavy atom. The largest absolute Gasteiger partial charge is 0.481 e. The van der Waals surface area contributed by atoms with Crippen molar-refractivity contribution in [1.82, 2.24) is 14.5 Å². The number of methoxy groups -OCH3 is 1. The number of fused-ring (bicyclic) bond motifs is 3. The summed E-state index contributed by atoms with van der Waals surface area (Å²) in [6.07, 6.45) is 6.85. The molecule has 4 atom stereocenters. The van der Waals surface area contributed by atoms with Crippen molar-refractivity contribution in [2.45, 2.75) is 89.6 Å². The molecule has 1 aromatic heterocycles. The van der Waals surface area contributed by atoms with Gasteiger partial charge in [0.05, 0.1) is 29.7 Å². The van der Waals surface area contributed by atoms with Crippen molar-refractivity contribution in [2.24, 2.45) is 5.92 Å². The molecule has 5 rings (SSSR count). The molecule has 1 aliphatic carbocycles. The summed E-state index contributed by atoms with van der Waals surface area (Å²) in [7, 11) is 1.40. The van der Waals surface area contributed by atoms with Gasteiger partial charge >= 0.3 is 12.1 Å². The lowest BCUT2D eigenvalue weighted by molar-refractivity contribution is -0.143. The lowest BCUT2D eigenvalue weighted by atomic mass is 9.85.